The van der Waals surface area contributed by atoms with E-state index >= 15 is 0 Å². The van der Waals surface area contributed by atoms with E-state index in [-0.39, 0.29) is 17.7 Å². The Morgan fingerprint density at radius 2 is 2.06 bits per heavy atom. The quantitative estimate of drug-likeness (QED) is 0.574. The van der Waals surface area contributed by atoms with Gasteiger partial charge in [-0.25, -0.2) is 4.98 Å². The molecule has 0 bridgehead atoms. The summed E-state index contributed by atoms with van der Waals surface area (Å²) in [6.45, 7) is 1.02. The van der Waals surface area contributed by atoms with Crippen molar-refractivity contribution in [1.29, 1.82) is 0 Å². The zero-order valence-corrected chi connectivity index (χ0v) is 19.3. The zero-order valence-electron chi connectivity index (χ0n) is 18.5. The molecule has 10 heteroatoms. The molecule has 1 aromatic carbocycles. The van der Waals surface area contributed by atoms with Crippen molar-refractivity contribution < 1.29 is 19.1 Å². The van der Waals surface area contributed by atoms with Gasteiger partial charge in [-0.2, -0.15) is 5.10 Å². The molecule has 33 heavy (non-hydrogen) atoms. The van der Waals surface area contributed by atoms with Crippen molar-refractivity contribution >= 4 is 28.3 Å². The molecule has 1 aliphatic heterocycles. The van der Waals surface area contributed by atoms with Crippen molar-refractivity contribution in [1.82, 2.24) is 20.1 Å². The van der Waals surface area contributed by atoms with Crippen LogP contribution in [0.1, 0.15) is 40.3 Å². The number of hydrogen-bond donors (Lipinski definition) is 2. The smallest absolute Gasteiger partial charge is 0.272 e. The number of carbonyl (C=O) groups is 2. The van der Waals surface area contributed by atoms with Crippen LogP contribution in [0.15, 0.2) is 24.3 Å². The number of methoxy groups -OCH3 is 2. The van der Waals surface area contributed by atoms with Gasteiger partial charge in [-0.05, 0) is 37.1 Å². The second-order valence-corrected chi connectivity index (χ2v) is 9.30. The molecular weight excluding hydrogens is 442 g/mol. The van der Waals surface area contributed by atoms with Crippen molar-refractivity contribution in [3.8, 4) is 22.8 Å². The van der Waals surface area contributed by atoms with Crippen LogP contribution in [0, 0.1) is 5.92 Å². The molecule has 172 valence electrons. The van der Waals surface area contributed by atoms with Crippen LogP contribution in [0.4, 0.5) is 5.13 Å². The van der Waals surface area contributed by atoms with Crippen LogP contribution < -0.4 is 14.8 Å². The highest BCUT2D eigenvalue weighted by molar-refractivity contribution is 7.15. The normalized spacial score (nSPS) is 15.5. The Bertz CT molecular complexity index is 1200. The second kappa shape index (κ2) is 8.86. The van der Waals surface area contributed by atoms with Crippen LogP contribution >= 0.6 is 11.3 Å². The summed E-state index contributed by atoms with van der Waals surface area (Å²) in [5.74, 6) is 1.36. The third-order valence-electron chi connectivity index (χ3n) is 6.22. The Morgan fingerprint density at radius 3 is 2.79 bits per heavy atom. The Balaban J connectivity index is 1.30. The number of hydrogen-bond acceptors (Lipinski definition) is 7. The zero-order chi connectivity index (χ0) is 22.9. The minimum absolute atomic E-state index is 0.0539. The molecule has 2 N–H and O–H groups in total. The van der Waals surface area contributed by atoms with Gasteiger partial charge in [-0.3, -0.25) is 14.7 Å². The first-order valence-electron chi connectivity index (χ1n) is 10.9. The van der Waals surface area contributed by atoms with Crippen molar-refractivity contribution in [2.24, 2.45) is 5.92 Å². The molecule has 3 aromatic rings. The first-order valence-corrected chi connectivity index (χ1v) is 11.7. The summed E-state index contributed by atoms with van der Waals surface area (Å²) in [7, 11) is 3.19. The summed E-state index contributed by atoms with van der Waals surface area (Å²) < 4.78 is 10.7. The number of nitrogens with one attached hydrogen (secondary N) is 2. The van der Waals surface area contributed by atoms with E-state index in [0.29, 0.717) is 47.5 Å². The molecule has 0 saturated heterocycles. The molecule has 3 heterocycles. The molecule has 1 saturated carbocycles. The number of ether oxygens (including phenoxy) is 2. The molecule has 2 amide bonds. The lowest BCUT2D eigenvalue weighted by Crippen LogP contribution is -2.35. The minimum atomic E-state index is -0.130. The summed E-state index contributed by atoms with van der Waals surface area (Å²) in [5, 5.41) is 10.8. The number of benzene rings is 1. The molecule has 1 aliphatic carbocycles. The van der Waals surface area contributed by atoms with Crippen LogP contribution in [-0.2, 0) is 17.8 Å². The number of nitrogens with zero attached hydrogens (tertiary/aromatic N) is 3. The van der Waals surface area contributed by atoms with Crippen LogP contribution in [0.3, 0.4) is 0 Å². The highest BCUT2D eigenvalue weighted by Gasteiger charge is 2.29. The van der Waals surface area contributed by atoms with Crippen LogP contribution in [-0.4, -0.2) is 52.7 Å². The minimum Gasteiger partial charge on any atom is -0.497 e. The van der Waals surface area contributed by atoms with E-state index in [1.807, 2.05) is 18.2 Å². The molecule has 0 unspecified atom stereocenters. The van der Waals surface area contributed by atoms with E-state index < -0.39 is 0 Å². The Hall–Kier alpha value is -3.40. The lowest BCUT2D eigenvalue weighted by molar-refractivity contribution is -0.122. The fourth-order valence-electron chi connectivity index (χ4n) is 4.05. The number of aromatic nitrogens is 3. The third kappa shape index (κ3) is 4.18. The van der Waals surface area contributed by atoms with Gasteiger partial charge in [0.05, 0.1) is 32.2 Å². The predicted octanol–water partition coefficient (Wildman–Crippen LogP) is 3.49. The van der Waals surface area contributed by atoms with E-state index in [1.165, 1.54) is 11.3 Å². The van der Waals surface area contributed by atoms with E-state index in [2.05, 4.69) is 20.5 Å². The largest absolute Gasteiger partial charge is 0.497 e. The summed E-state index contributed by atoms with van der Waals surface area (Å²) in [6, 6.07) is 7.17. The lowest BCUT2D eigenvalue weighted by atomic mass is 9.85. The van der Waals surface area contributed by atoms with Gasteiger partial charge in [-0.15, -0.1) is 0 Å². The number of thiazole rings is 1. The Morgan fingerprint density at radius 1 is 1.21 bits per heavy atom. The monoisotopic (exact) mass is 467 g/mol. The van der Waals surface area contributed by atoms with Gasteiger partial charge in [0, 0.05) is 29.3 Å². The summed E-state index contributed by atoms with van der Waals surface area (Å²) >= 11 is 1.45. The molecule has 1 fully saturated rings. The van der Waals surface area contributed by atoms with Crippen molar-refractivity contribution in [2.75, 3.05) is 26.1 Å². The third-order valence-corrected chi connectivity index (χ3v) is 7.21. The second-order valence-electron chi connectivity index (χ2n) is 8.22. The van der Waals surface area contributed by atoms with Gasteiger partial charge < -0.3 is 19.7 Å². The van der Waals surface area contributed by atoms with Gasteiger partial charge in [0.15, 0.2) is 5.13 Å². The topological polar surface area (TPSA) is 109 Å². The number of fused-ring (bicyclic) bond motifs is 1. The van der Waals surface area contributed by atoms with Gasteiger partial charge >= 0.3 is 0 Å². The molecule has 5 rings (SSSR count). The number of rotatable bonds is 6. The van der Waals surface area contributed by atoms with E-state index in [1.54, 1.807) is 25.2 Å². The Kier molecular flexibility index (Phi) is 5.76. The maximum atomic E-state index is 13.2. The highest BCUT2D eigenvalue weighted by atomic mass is 32.1. The molecular formula is C23H25N5O4S. The van der Waals surface area contributed by atoms with Crippen molar-refractivity contribution in [2.45, 2.75) is 32.2 Å². The summed E-state index contributed by atoms with van der Waals surface area (Å²) in [4.78, 5) is 32.8. The van der Waals surface area contributed by atoms with Gasteiger partial charge in [-0.1, -0.05) is 17.8 Å². The van der Waals surface area contributed by atoms with Crippen LogP contribution in [0.2, 0.25) is 0 Å². The number of aromatic amines is 1. The molecule has 2 aromatic heterocycles. The number of H-pyrrole nitrogens is 1. The SMILES string of the molecule is COc1ccc(OC)c(-c2cc(C(=O)N3CCc4nc(NC(=O)C5CCC5)sc4C3)[nH]n2)c1. The van der Waals surface area contributed by atoms with Crippen LogP contribution in [0.25, 0.3) is 11.3 Å². The number of amides is 2. The van der Waals surface area contributed by atoms with E-state index in [0.717, 1.165) is 35.4 Å². The van der Waals surface area contributed by atoms with Gasteiger partial charge in [0.1, 0.15) is 17.2 Å². The summed E-state index contributed by atoms with van der Waals surface area (Å²) in [5.41, 5.74) is 2.70. The number of anilines is 1. The lowest BCUT2D eigenvalue weighted by Gasteiger charge is -2.25. The van der Waals surface area contributed by atoms with Crippen molar-refractivity contribution in [3.63, 3.8) is 0 Å². The average Bonchev–Trinajstić information content (AvgIpc) is 3.43. The standard InChI is InChI=1S/C23H25N5O4S/c1-31-14-6-7-19(32-2)15(10-14)17-11-18(27-26-17)22(30)28-9-8-16-20(12-28)33-23(24-16)25-21(29)13-4-3-5-13/h6-7,10-11,13H,3-5,8-9,12H2,1-2H3,(H,26,27)(H,24,25,29). The maximum absolute atomic E-state index is 13.2. The molecule has 0 spiro atoms. The van der Waals surface area contributed by atoms with Gasteiger partial charge in [0.2, 0.25) is 5.91 Å². The van der Waals surface area contributed by atoms with E-state index in [9.17, 15) is 9.59 Å². The average molecular weight is 468 g/mol. The number of carbonyl (C=O) groups excluding carboxylic acids is 2. The fourth-order valence-corrected chi connectivity index (χ4v) is 5.08. The van der Waals surface area contributed by atoms with Crippen molar-refractivity contribution in [3.05, 3.63) is 40.5 Å². The maximum Gasteiger partial charge on any atom is 0.272 e. The molecule has 0 radical (unpaired) electrons. The predicted molar refractivity (Wildman–Crippen MR) is 124 cm³/mol. The summed E-state index contributed by atoms with van der Waals surface area (Å²) in [6.07, 6.45) is 3.67. The molecule has 9 nitrogen and oxygen atoms in total. The fraction of sp³-hybridized carbons (Fsp3) is 0.391. The van der Waals surface area contributed by atoms with E-state index in [4.69, 9.17) is 9.47 Å². The molecule has 2 aliphatic rings. The van der Waals surface area contributed by atoms with Gasteiger partial charge in [0.25, 0.3) is 5.91 Å². The first-order chi connectivity index (χ1) is 16.1. The first kappa shape index (κ1) is 21.4. The highest BCUT2D eigenvalue weighted by Crippen LogP contribution is 2.34. The van der Waals surface area contributed by atoms with Crippen LogP contribution in [0.5, 0.6) is 11.5 Å². The Labute approximate surface area is 195 Å². The molecule has 0 atom stereocenters.